The zero-order chi connectivity index (χ0) is 14.2. The van der Waals surface area contributed by atoms with E-state index in [1.54, 1.807) is 7.11 Å². The highest BCUT2D eigenvalue weighted by Gasteiger charge is 2.43. The molecule has 1 N–H and O–H groups in total. The van der Waals surface area contributed by atoms with Gasteiger partial charge in [-0.2, -0.15) is 0 Å². The van der Waals surface area contributed by atoms with Crippen LogP contribution in [-0.4, -0.2) is 31.2 Å². The largest absolute Gasteiger partial charge is 0.497 e. The van der Waals surface area contributed by atoms with Crippen LogP contribution in [0.15, 0.2) is 23.4 Å². The fourth-order valence-corrected chi connectivity index (χ4v) is 3.62. The van der Waals surface area contributed by atoms with Gasteiger partial charge in [0, 0.05) is 24.5 Å². The van der Waals surface area contributed by atoms with Gasteiger partial charge in [0.05, 0.1) is 12.8 Å². The summed E-state index contributed by atoms with van der Waals surface area (Å²) in [6.45, 7) is 3.59. The Hall–Kier alpha value is -1.55. The van der Waals surface area contributed by atoms with Gasteiger partial charge in [-0.15, -0.1) is 0 Å². The molecule has 0 aromatic heterocycles. The van der Waals surface area contributed by atoms with Crippen LogP contribution in [0.5, 0.6) is 5.75 Å². The third-order valence-electron chi connectivity index (χ3n) is 4.79. The van der Waals surface area contributed by atoms with Crippen LogP contribution in [0.3, 0.4) is 0 Å². The molecule has 1 aliphatic heterocycles. The average Bonchev–Trinajstić information content (AvgIpc) is 2.45. The zero-order valence-corrected chi connectivity index (χ0v) is 12.1. The van der Waals surface area contributed by atoms with E-state index in [1.165, 1.54) is 11.1 Å². The van der Waals surface area contributed by atoms with Gasteiger partial charge in [0.1, 0.15) is 5.75 Å². The highest BCUT2D eigenvalue weighted by molar-refractivity contribution is 5.98. The number of hydrogen-bond donors (Lipinski definition) is 1. The predicted octanol–water partition coefficient (Wildman–Crippen LogP) is 2.77. The van der Waals surface area contributed by atoms with E-state index in [4.69, 9.17) is 9.47 Å². The van der Waals surface area contributed by atoms with Gasteiger partial charge in [0.15, 0.2) is 0 Å². The van der Waals surface area contributed by atoms with Gasteiger partial charge in [0.25, 0.3) is 0 Å². The van der Waals surface area contributed by atoms with Crippen molar-refractivity contribution in [2.75, 3.05) is 20.3 Å². The summed E-state index contributed by atoms with van der Waals surface area (Å²) in [6, 6.07) is 6.24. The topological polar surface area (TPSA) is 51.0 Å². The Labute approximate surface area is 119 Å². The summed E-state index contributed by atoms with van der Waals surface area (Å²) in [5, 5.41) is 13.2. The van der Waals surface area contributed by atoms with Crippen LogP contribution in [0.2, 0.25) is 0 Å². The minimum atomic E-state index is -0.262. The molecule has 1 heterocycles. The lowest BCUT2D eigenvalue weighted by Gasteiger charge is -2.42. The van der Waals surface area contributed by atoms with Crippen LogP contribution in [0.25, 0.3) is 0 Å². The Morgan fingerprint density at radius 3 is 3.00 bits per heavy atom. The molecule has 1 aromatic rings. The SMILES string of the molecule is COc1ccc2c(c1)C1(C)CCOCCC(C2)/C1=N\O. The van der Waals surface area contributed by atoms with Gasteiger partial charge in [0.2, 0.25) is 0 Å². The van der Waals surface area contributed by atoms with Crippen LogP contribution in [0.1, 0.15) is 30.9 Å². The third kappa shape index (κ3) is 1.99. The first-order valence-electron chi connectivity index (χ1n) is 7.16. The van der Waals surface area contributed by atoms with E-state index in [0.717, 1.165) is 37.3 Å². The first-order chi connectivity index (χ1) is 9.69. The molecule has 0 amide bonds. The molecule has 0 saturated carbocycles. The minimum absolute atomic E-state index is 0.262. The zero-order valence-electron chi connectivity index (χ0n) is 12.1. The Bertz CT molecular complexity index is 541. The molecule has 1 aromatic carbocycles. The lowest BCUT2D eigenvalue weighted by Crippen LogP contribution is -2.45. The van der Waals surface area contributed by atoms with Gasteiger partial charge in [-0.1, -0.05) is 11.2 Å². The molecule has 4 nitrogen and oxygen atoms in total. The van der Waals surface area contributed by atoms with Crippen molar-refractivity contribution < 1.29 is 14.7 Å². The molecule has 1 fully saturated rings. The standard InChI is InChI=1S/C16H21NO3/c1-16-6-8-20-7-5-12(15(16)17-18)9-11-3-4-13(19-2)10-14(11)16/h3-4,10,12,18H,5-9H2,1-2H3/b17-15+. The quantitative estimate of drug-likeness (QED) is 0.633. The summed E-state index contributed by atoms with van der Waals surface area (Å²) in [5.74, 6) is 1.12. The van der Waals surface area contributed by atoms with Crippen LogP contribution in [0.4, 0.5) is 0 Å². The first kappa shape index (κ1) is 13.4. The molecule has 2 atom stereocenters. The number of nitrogens with zero attached hydrogens (tertiary/aromatic N) is 1. The van der Waals surface area contributed by atoms with Crippen molar-refractivity contribution in [1.82, 2.24) is 0 Å². The molecule has 20 heavy (non-hydrogen) atoms. The molecule has 2 unspecified atom stereocenters. The monoisotopic (exact) mass is 275 g/mol. The number of rotatable bonds is 1. The van der Waals surface area contributed by atoms with Crippen molar-refractivity contribution in [2.24, 2.45) is 11.1 Å². The molecule has 4 heteroatoms. The molecule has 108 valence electrons. The molecule has 0 spiro atoms. The number of oxime groups is 1. The van der Waals surface area contributed by atoms with Crippen molar-refractivity contribution in [1.29, 1.82) is 0 Å². The normalized spacial score (nSPS) is 31.3. The van der Waals surface area contributed by atoms with E-state index in [-0.39, 0.29) is 11.3 Å². The molecular formula is C16H21NO3. The molecular weight excluding hydrogens is 254 g/mol. The maximum absolute atomic E-state index is 9.55. The summed E-state index contributed by atoms with van der Waals surface area (Å²) < 4.78 is 11.0. The van der Waals surface area contributed by atoms with Gasteiger partial charge in [-0.05, 0) is 49.4 Å². The fourth-order valence-electron chi connectivity index (χ4n) is 3.62. The smallest absolute Gasteiger partial charge is 0.119 e. The maximum Gasteiger partial charge on any atom is 0.119 e. The highest BCUT2D eigenvalue weighted by atomic mass is 16.5. The van der Waals surface area contributed by atoms with Gasteiger partial charge >= 0.3 is 0 Å². The second kappa shape index (κ2) is 5.09. The van der Waals surface area contributed by atoms with E-state index >= 15 is 0 Å². The molecule has 2 bridgehead atoms. The summed E-state index contributed by atoms with van der Waals surface area (Å²) in [5.41, 5.74) is 3.20. The van der Waals surface area contributed by atoms with Crippen LogP contribution in [-0.2, 0) is 16.6 Å². The highest BCUT2D eigenvalue weighted by Crippen LogP contribution is 2.43. The Morgan fingerprint density at radius 1 is 1.40 bits per heavy atom. The number of benzene rings is 1. The summed E-state index contributed by atoms with van der Waals surface area (Å²) in [6.07, 6.45) is 2.67. The summed E-state index contributed by atoms with van der Waals surface area (Å²) in [4.78, 5) is 0. The third-order valence-corrected chi connectivity index (χ3v) is 4.79. The van der Waals surface area contributed by atoms with Crippen LogP contribution < -0.4 is 4.74 Å². The predicted molar refractivity (Wildman–Crippen MR) is 76.8 cm³/mol. The lowest BCUT2D eigenvalue weighted by atomic mass is 9.63. The van der Waals surface area contributed by atoms with Crippen molar-refractivity contribution >= 4 is 5.71 Å². The van der Waals surface area contributed by atoms with Gasteiger partial charge in [-0.3, -0.25) is 0 Å². The number of hydrogen-bond acceptors (Lipinski definition) is 4. The van der Waals surface area contributed by atoms with Crippen LogP contribution >= 0.6 is 0 Å². The number of methoxy groups -OCH3 is 1. The molecule has 1 saturated heterocycles. The molecule has 2 aliphatic rings. The summed E-state index contributed by atoms with van der Waals surface area (Å²) in [7, 11) is 1.68. The van der Waals surface area contributed by atoms with Gasteiger partial charge < -0.3 is 14.7 Å². The second-order valence-electron chi connectivity index (χ2n) is 5.89. The Kier molecular flexibility index (Phi) is 3.42. The van der Waals surface area contributed by atoms with Crippen molar-refractivity contribution in [3.05, 3.63) is 29.3 Å². The van der Waals surface area contributed by atoms with Crippen LogP contribution in [0, 0.1) is 5.92 Å². The lowest BCUT2D eigenvalue weighted by molar-refractivity contribution is 0.102. The first-order valence-corrected chi connectivity index (χ1v) is 7.16. The molecule has 3 rings (SSSR count). The van der Waals surface area contributed by atoms with E-state index in [0.29, 0.717) is 6.61 Å². The van der Waals surface area contributed by atoms with Crippen molar-refractivity contribution in [3.63, 3.8) is 0 Å². The summed E-state index contributed by atoms with van der Waals surface area (Å²) >= 11 is 0. The van der Waals surface area contributed by atoms with E-state index < -0.39 is 0 Å². The maximum atomic E-state index is 9.55. The van der Waals surface area contributed by atoms with E-state index in [9.17, 15) is 5.21 Å². The minimum Gasteiger partial charge on any atom is -0.497 e. The van der Waals surface area contributed by atoms with Crippen molar-refractivity contribution in [3.8, 4) is 5.75 Å². The molecule has 1 aliphatic carbocycles. The number of ether oxygens (including phenoxy) is 2. The van der Waals surface area contributed by atoms with E-state index in [2.05, 4.69) is 24.2 Å². The van der Waals surface area contributed by atoms with Crippen molar-refractivity contribution in [2.45, 2.75) is 31.6 Å². The second-order valence-corrected chi connectivity index (χ2v) is 5.89. The fraction of sp³-hybridized carbons (Fsp3) is 0.562. The number of fused-ring (bicyclic) bond motifs is 4. The Morgan fingerprint density at radius 2 is 2.25 bits per heavy atom. The average molecular weight is 275 g/mol. The molecule has 0 radical (unpaired) electrons. The Balaban J connectivity index is 2.16. The van der Waals surface area contributed by atoms with Gasteiger partial charge in [-0.25, -0.2) is 0 Å². The van der Waals surface area contributed by atoms with E-state index in [1.807, 2.05) is 6.07 Å².